The maximum atomic E-state index is 14.0. The molecule has 0 spiro atoms. The first-order valence-corrected chi connectivity index (χ1v) is 12.1. The summed E-state index contributed by atoms with van der Waals surface area (Å²) in [7, 11) is 0. The highest BCUT2D eigenvalue weighted by atomic mass is 32.1. The third kappa shape index (κ3) is 5.77. The Labute approximate surface area is 211 Å². The fraction of sp³-hybridized carbons (Fsp3) is 0.231. The van der Waals surface area contributed by atoms with E-state index in [9.17, 15) is 14.0 Å². The summed E-state index contributed by atoms with van der Waals surface area (Å²) in [5.41, 5.74) is 3.14. The van der Waals surface area contributed by atoms with Crippen LogP contribution in [-0.4, -0.2) is 28.8 Å². The SMILES string of the molecule is CCOC(=O)Cc1cccc(-c2nc(-c3onc(C)c3NC(=O)O[C@H](C)c3ccccc3F)cs2)c1. The maximum absolute atomic E-state index is 14.0. The van der Waals surface area contributed by atoms with Crippen molar-refractivity contribution in [3.63, 3.8) is 0 Å². The zero-order valence-electron chi connectivity index (χ0n) is 19.9. The van der Waals surface area contributed by atoms with E-state index in [0.717, 1.165) is 11.1 Å². The zero-order valence-corrected chi connectivity index (χ0v) is 20.7. The van der Waals surface area contributed by atoms with Crippen LogP contribution in [0.2, 0.25) is 0 Å². The number of hydrogen-bond acceptors (Lipinski definition) is 8. The van der Waals surface area contributed by atoms with Gasteiger partial charge in [-0.05, 0) is 38.5 Å². The van der Waals surface area contributed by atoms with Crippen LogP contribution in [0, 0.1) is 12.7 Å². The summed E-state index contributed by atoms with van der Waals surface area (Å²) in [6.07, 6.45) is -1.41. The number of ether oxygens (including phenoxy) is 2. The molecule has 8 nitrogen and oxygen atoms in total. The molecule has 0 radical (unpaired) electrons. The lowest BCUT2D eigenvalue weighted by Gasteiger charge is -2.14. The van der Waals surface area contributed by atoms with Crippen LogP contribution in [0.1, 0.15) is 36.8 Å². The van der Waals surface area contributed by atoms with E-state index in [1.165, 1.54) is 17.4 Å². The van der Waals surface area contributed by atoms with Gasteiger partial charge in [-0.1, -0.05) is 41.6 Å². The molecule has 4 rings (SSSR count). The predicted molar refractivity (Wildman–Crippen MR) is 133 cm³/mol. The smallest absolute Gasteiger partial charge is 0.412 e. The lowest BCUT2D eigenvalue weighted by atomic mass is 10.1. The van der Waals surface area contributed by atoms with Crippen molar-refractivity contribution in [2.45, 2.75) is 33.3 Å². The summed E-state index contributed by atoms with van der Waals surface area (Å²) in [4.78, 5) is 29.0. The minimum atomic E-state index is -0.803. The summed E-state index contributed by atoms with van der Waals surface area (Å²) < 4.78 is 29.8. The van der Waals surface area contributed by atoms with Crippen LogP contribution in [-0.2, 0) is 20.7 Å². The molecule has 2 aromatic heterocycles. The van der Waals surface area contributed by atoms with Gasteiger partial charge in [0, 0.05) is 16.5 Å². The van der Waals surface area contributed by atoms with Crippen LogP contribution in [0.15, 0.2) is 58.4 Å². The van der Waals surface area contributed by atoms with Crippen molar-refractivity contribution >= 4 is 29.1 Å². The molecule has 10 heteroatoms. The topological polar surface area (TPSA) is 104 Å². The monoisotopic (exact) mass is 509 g/mol. The van der Waals surface area contributed by atoms with Crippen molar-refractivity contribution < 1.29 is 28.0 Å². The fourth-order valence-corrected chi connectivity index (χ4v) is 4.35. The molecule has 2 aromatic carbocycles. The van der Waals surface area contributed by atoms with Gasteiger partial charge in [0.15, 0.2) is 0 Å². The number of carbonyl (C=O) groups excluding carboxylic acids is 2. The average Bonchev–Trinajstić information content (AvgIpc) is 3.47. The molecule has 0 unspecified atom stereocenters. The molecule has 0 saturated heterocycles. The Kier molecular flexibility index (Phi) is 7.74. The van der Waals surface area contributed by atoms with Crippen LogP contribution < -0.4 is 5.32 Å². The summed E-state index contributed by atoms with van der Waals surface area (Å²) >= 11 is 1.38. The molecule has 186 valence electrons. The standard InChI is InChI=1S/C26H24FN3O5S/c1-4-33-22(31)13-17-8-7-9-18(12-17)25-28-21(14-36-25)24-23(15(2)30-35-24)29-26(32)34-16(3)19-10-5-6-11-20(19)27/h5-12,14,16H,4,13H2,1-3H3,(H,29,32)/t16-/m1/s1. The Hall–Kier alpha value is -4.05. The highest BCUT2D eigenvalue weighted by Crippen LogP contribution is 2.35. The molecule has 1 atom stereocenters. The van der Waals surface area contributed by atoms with E-state index < -0.39 is 18.0 Å². The summed E-state index contributed by atoms with van der Waals surface area (Å²) in [5.74, 6) is -0.479. The quantitative estimate of drug-likeness (QED) is 0.277. The number of nitrogens with zero attached hydrogens (tertiary/aromatic N) is 2. The number of hydrogen-bond donors (Lipinski definition) is 1. The second-order valence-corrected chi connectivity index (χ2v) is 8.74. The van der Waals surface area contributed by atoms with Crippen molar-refractivity contribution in [2.75, 3.05) is 11.9 Å². The van der Waals surface area contributed by atoms with Gasteiger partial charge in [0.2, 0.25) is 5.76 Å². The number of anilines is 1. The van der Waals surface area contributed by atoms with Gasteiger partial charge in [0.05, 0.1) is 13.0 Å². The van der Waals surface area contributed by atoms with Crippen molar-refractivity contribution in [2.24, 2.45) is 0 Å². The second-order valence-electron chi connectivity index (χ2n) is 7.89. The highest BCUT2D eigenvalue weighted by molar-refractivity contribution is 7.13. The Balaban J connectivity index is 1.50. The van der Waals surface area contributed by atoms with Gasteiger partial charge in [0.25, 0.3) is 0 Å². The molecule has 4 aromatic rings. The van der Waals surface area contributed by atoms with E-state index in [0.29, 0.717) is 28.7 Å². The number of rotatable bonds is 8. The largest absolute Gasteiger partial charge is 0.466 e. The van der Waals surface area contributed by atoms with E-state index in [1.54, 1.807) is 44.4 Å². The average molecular weight is 510 g/mol. The number of esters is 1. The zero-order chi connectivity index (χ0) is 25.7. The molecule has 0 aliphatic rings. The van der Waals surface area contributed by atoms with Gasteiger partial charge in [-0.2, -0.15) is 0 Å². The van der Waals surface area contributed by atoms with Crippen molar-refractivity contribution in [1.82, 2.24) is 10.1 Å². The van der Waals surface area contributed by atoms with Crippen LogP contribution in [0.3, 0.4) is 0 Å². The van der Waals surface area contributed by atoms with E-state index in [4.69, 9.17) is 14.0 Å². The van der Waals surface area contributed by atoms with Crippen LogP contribution >= 0.6 is 11.3 Å². The number of aromatic nitrogens is 2. The molecule has 2 heterocycles. The Morgan fingerprint density at radius 3 is 2.78 bits per heavy atom. The van der Waals surface area contributed by atoms with Gasteiger partial charge in [-0.15, -0.1) is 11.3 Å². The van der Waals surface area contributed by atoms with E-state index in [1.807, 2.05) is 24.3 Å². The molecule has 36 heavy (non-hydrogen) atoms. The second kappa shape index (κ2) is 11.1. The minimum Gasteiger partial charge on any atom is -0.466 e. The Bertz CT molecular complexity index is 1380. The number of halogens is 1. The van der Waals surface area contributed by atoms with Crippen molar-refractivity contribution in [1.29, 1.82) is 0 Å². The fourth-order valence-electron chi connectivity index (χ4n) is 3.56. The third-order valence-electron chi connectivity index (χ3n) is 5.28. The minimum absolute atomic E-state index is 0.169. The number of thiazole rings is 1. The predicted octanol–water partition coefficient (Wildman–Crippen LogP) is 6.33. The number of carbonyl (C=O) groups is 2. The first kappa shape index (κ1) is 25.1. The van der Waals surface area contributed by atoms with Gasteiger partial charge in [0.1, 0.15) is 34.0 Å². The van der Waals surface area contributed by atoms with E-state index >= 15 is 0 Å². The molecule has 0 aliphatic heterocycles. The number of amides is 1. The normalized spacial score (nSPS) is 11.7. The summed E-state index contributed by atoms with van der Waals surface area (Å²) in [6, 6.07) is 13.6. The van der Waals surface area contributed by atoms with Gasteiger partial charge in [-0.25, -0.2) is 14.2 Å². The molecule has 0 aliphatic carbocycles. The number of nitrogens with one attached hydrogen (secondary N) is 1. The first-order valence-electron chi connectivity index (χ1n) is 11.2. The van der Waals surface area contributed by atoms with Crippen LogP contribution in [0.4, 0.5) is 14.9 Å². The van der Waals surface area contributed by atoms with Crippen molar-refractivity contribution in [3.05, 3.63) is 76.5 Å². The highest BCUT2D eigenvalue weighted by Gasteiger charge is 2.22. The molecular formula is C26H24FN3O5S. The van der Waals surface area contributed by atoms with E-state index in [-0.39, 0.29) is 23.7 Å². The lowest BCUT2D eigenvalue weighted by molar-refractivity contribution is -0.142. The van der Waals surface area contributed by atoms with E-state index in [2.05, 4.69) is 15.5 Å². The molecule has 0 bridgehead atoms. The molecular weight excluding hydrogens is 485 g/mol. The maximum Gasteiger partial charge on any atom is 0.412 e. The van der Waals surface area contributed by atoms with Crippen LogP contribution in [0.5, 0.6) is 0 Å². The Morgan fingerprint density at radius 2 is 2.00 bits per heavy atom. The molecule has 0 saturated carbocycles. The van der Waals surface area contributed by atoms with Crippen LogP contribution in [0.25, 0.3) is 22.0 Å². The van der Waals surface area contributed by atoms with Crippen molar-refractivity contribution in [3.8, 4) is 22.0 Å². The molecule has 1 amide bonds. The molecule has 1 N–H and O–H groups in total. The third-order valence-corrected chi connectivity index (χ3v) is 6.17. The van der Waals surface area contributed by atoms with Gasteiger partial charge >= 0.3 is 12.1 Å². The summed E-state index contributed by atoms with van der Waals surface area (Å²) in [5, 5.41) is 9.08. The lowest BCUT2D eigenvalue weighted by Crippen LogP contribution is -2.17. The van der Waals surface area contributed by atoms with Gasteiger partial charge in [-0.3, -0.25) is 10.1 Å². The molecule has 0 fully saturated rings. The number of aryl methyl sites for hydroxylation is 1. The first-order chi connectivity index (χ1) is 17.4. The van der Waals surface area contributed by atoms with Gasteiger partial charge < -0.3 is 14.0 Å². The Morgan fingerprint density at radius 1 is 1.19 bits per heavy atom. The number of benzene rings is 2. The summed E-state index contributed by atoms with van der Waals surface area (Å²) in [6.45, 7) is 5.36.